The number of hydrogen-bond acceptors (Lipinski definition) is 2. The standard InChI is InChI=1S/C12H25N4/c1-4-12(9-16(2)3,15-11(13)14)10-7-5-6-8-10/h10H,1,4-9H2,2-3H3,(H4,13,14,15). The molecule has 0 aliphatic heterocycles. The Balaban J connectivity index is 2.81. The molecule has 0 saturated heterocycles. The van der Waals surface area contributed by atoms with Crippen molar-refractivity contribution in [1.82, 2.24) is 10.2 Å². The second kappa shape index (κ2) is 5.53. The Kier molecular flexibility index (Phi) is 4.59. The topological polar surface area (TPSA) is 65.1 Å². The minimum Gasteiger partial charge on any atom is -0.370 e. The van der Waals surface area contributed by atoms with Gasteiger partial charge in [0.15, 0.2) is 5.96 Å². The lowest BCUT2D eigenvalue weighted by Crippen LogP contribution is -2.59. The molecule has 0 heterocycles. The molecule has 0 amide bonds. The first-order chi connectivity index (χ1) is 7.50. The SMILES string of the molecule is [CH2]CC(CN(C)C)(NC(=N)N)C1CCCC1. The van der Waals surface area contributed by atoms with Crippen molar-refractivity contribution in [2.45, 2.75) is 37.6 Å². The third-order valence-electron chi connectivity index (χ3n) is 3.56. The second-order valence-corrected chi connectivity index (χ2v) is 5.16. The molecule has 0 aromatic carbocycles. The molecule has 0 bridgehead atoms. The Morgan fingerprint density at radius 2 is 2.06 bits per heavy atom. The van der Waals surface area contributed by atoms with E-state index in [4.69, 9.17) is 11.1 Å². The van der Waals surface area contributed by atoms with Gasteiger partial charge in [0.2, 0.25) is 0 Å². The number of rotatable bonds is 5. The molecule has 1 radical (unpaired) electrons. The predicted octanol–water partition coefficient (Wildman–Crippen LogP) is 1.18. The molecular formula is C12H25N4. The van der Waals surface area contributed by atoms with Crippen LogP contribution in [0.5, 0.6) is 0 Å². The molecule has 16 heavy (non-hydrogen) atoms. The van der Waals surface area contributed by atoms with Gasteiger partial charge in [-0.25, -0.2) is 0 Å². The number of nitrogens with one attached hydrogen (secondary N) is 2. The van der Waals surface area contributed by atoms with Crippen LogP contribution >= 0.6 is 0 Å². The van der Waals surface area contributed by atoms with Crippen LogP contribution in [-0.4, -0.2) is 37.0 Å². The normalized spacial score (nSPS) is 21.0. The van der Waals surface area contributed by atoms with Gasteiger partial charge in [-0.2, -0.15) is 0 Å². The fourth-order valence-electron chi connectivity index (χ4n) is 2.93. The second-order valence-electron chi connectivity index (χ2n) is 5.16. The van der Waals surface area contributed by atoms with Gasteiger partial charge >= 0.3 is 0 Å². The summed E-state index contributed by atoms with van der Waals surface area (Å²) in [6, 6.07) is 0. The average Bonchev–Trinajstić information content (AvgIpc) is 2.68. The third-order valence-corrected chi connectivity index (χ3v) is 3.56. The Morgan fingerprint density at radius 3 is 2.44 bits per heavy atom. The van der Waals surface area contributed by atoms with Crippen molar-refractivity contribution < 1.29 is 0 Å². The fourth-order valence-corrected chi connectivity index (χ4v) is 2.93. The molecule has 0 aromatic rings. The number of nitrogens with zero attached hydrogens (tertiary/aromatic N) is 1. The van der Waals surface area contributed by atoms with Crippen LogP contribution in [0.15, 0.2) is 0 Å². The van der Waals surface area contributed by atoms with Crippen molar-refractivity contribution in [3.8, 4) is 0 Å². The maximum Gasteiger partial charge on any atom is 0.186 e. The van der Waals surface area contributed by atoms with Crippen LogP contribution < -0.4 is 11.1 Å². The van der Waals surface area contributed by atoms with Crippen molar-refractivity contribution in [2.75, 3.05) is 20.6 Å². The van der Waals surface area contributed by atoms with Crippen LogP contribution in [0, 0.1) is 18.3 Å². The van der Waals surface area contributed by atoms with Crippen LogP contribution in [0.1, 0.15) is 32.1 Å². The highest BCUT2D eigenvalue weighted by Crippen LogP contribution is 2.36. The van der Waals surface area contributed by atoms with Gasteiger partial charge in [-0.1, -0.05) is 19.8 Å². The average molecular weight is 225 g/mol. The highest BCUT2D eigenvalue weighted by atomic mass is 15.2. The van der Waals surface area contributed by atoms with Crippen LogP contribution in [0.3, 0.4) is 0 Å². The predicted molar refractivity (Wildman–Crippen MR) is 68.3 cm³/mol. The lowest BCUT2D eigenvalue weighted by atomic mass is 9.80. The first kappa shape index (κ1) is 13.3. The van der Waals surface area contributed by atoms with Gasteiger partial charge in [-0.3, -0.25) is 5.41 Å². The van der Waals surface area contributed by atoms with Gasteiger partial charge in [0, 0.05) is 6.54 Å². The number of likely N-dealkylation sites (N-methyl/N-ethyl adjacent to an activating group) is 1. The molecule has 1 atom stereocenters. The van der Waals surface area contributed by atoms with Gasteiger partial charge in [-0.15, -0.1) is 0 Å². The molecule has 0 aromatic heterocycles. The van der Waals surface area contributed by atoms with Gasteiger partial charge < -0.3 is 16.0 Å². The summed E-state index contributed by atoms with van der Waals surface area (Å²) >= 11 is 0. The summed E-state index contributed by atoms with van der Waals surface area (Å²) in [5.41, 5.74) is 5.40. The van der Waals surface area contributed by atoms with E-state index in [1.54, 1.807) is 0 Å². The van der Waals surface area contributed by atoms with E-state index in [9.17, 15) is 0 Å². The first-order valence-corrected chi connectivity index (χ1v) is 6.06. The largest absolute Gasteiger partial charge is 0.370 e. The van der Waals surface area contributed by atoms with E-state index in [0.717, 1.165) is 13.0 Å². The lowest BCUT2D eigenvalue weighted by Gasteiger charge is -2.41. The van der Waals surface area contributed by atoms with Crippen molar-refractivity contribution in [3.63, 3.8) is 0 Å². The van der Waals surface area contributed by atoms with Crippen LogP contribution in [-0.2, 0) is 0 Å². The van der Waals surface area contributed by atoms with Crippen molar-refractivity contribution in [1.29, 1.82) is 5.41 Å². The lowest BCUT2D eigenvalue weighted by molar-refractivity contribution is 0.179. The molecule has 4 nitrogen and oxygen atoms in total. The minimum atomic E-state index is -0.119. The van der Waals surface area contributed by atoms with E-state index in [-0.39, 0.29) is 11.5 Å². The van der Waals surface area contributed by atoms with E-state index in [2.05, 4.69) is 31.2 Å². The van der Waals surface area contributed by atoms with Gasteiger partial charge in [0.05, 0.1) is 5.54 Å². The van der Waals surface area contributed by atoms with Crippen molar-refractivity contribution in [2.24, 2.45) is 11.7 Å². The van der Waals surface area contributed by atoms with Gasteiger partial charge in [-0.05, 0) is 39.3 Å². The first-order valence-electron chi connectivity index (χ1n) is 6.06. The van der Waals surface area contributed by atoms with E-state index >= 15 is 0 Å². The highest BCUT2D eigenvalue weighted by Gasteiger charge is 2.39. The van der Waals surface area contributed by atoms with Crippen LogP contribution in [0.4, 0.5) is 0 Å². The van der Waals surface area contributed by atoms with Gasteiger partial charge in [0.1, 0.15) is 0 Å². The summed E-state index contributed by atoms with van der Waals surface area (Å²) in [5.74, 6) is 0.661. The summed E-state index contributed by atoms with van der Waals surface area (Å²) < 4.78 is 0. The zero-order valence-electron chi connectivity index (χ0n) is 10.6. The molecule has 1 saturated carbocycles. The summed E-state index contributed by atoms with van der Waals surface area (Å²) in [6.07, 6.45) is 5.81. The van der Waals surface area contributed by atoms with E-state index in [1.807, 2.05) is 0 Å². The zero-order valence-corrected chi connectivity index (χ0v) is 10.6. The Hall–Kier alpha value is -0.770. The third kappa shape index (κ3) is 3.11. The number of hydrogen-bond donors (Lipinski definition) is 3. The summed E-state index contributed by atoms with van der Waals surface area (Å²) in [7, 11) is 4.11. The quantitative estimate of drug-likeness (QED) is 0.486. The highest BCUT2D eigenvalue weighted by molar-refractivity contribution is 5.75. The van der Waals surface area contributed by atoms with Crippen molar-refractivity contribution in [3.05, 3.63) is 6.92 Å². The summed E-state index contributed by atoms with van der Waals surface area (Å²) in [4.78, 5) is 2.15. The summed E-state index contributed by atoms with van der Waals surface area (Å²) in [5, 5.41) is 10.7. The molecule has 0 spiro atoms. The fraction of sp³-hybridized carbons (Fsp3) is 0.833. The Labute approximate surface area is 99.1 Å². The van der Waals surface area contributed by atoms with E-state index in [1.165, 1.54) is 25.7 Å². The van der Waals surface area contributed by atoms with Gasteiger partial charge in [0.25, 0.3) is 0 Å². The molecule has 4 N–H and O–H groups in total. The van der Waals surface area contributed by atoms with Crippen LogP contribution in [0.2, 0.25) is 0 Å². The van der Waals surface area contributed by atoms with E-state index in [0.29, 0.717) is 5.92 Å². The number of nitrogens with two attached hydrogens (primary N) is 1. The molecule has 1 fully saturated rings. The molecule has 1 aliphatic rings. The maximum absolute atomic E-state index is 7.48. The van der Waals surface area contributed by atoms with Crippen LogP contribution in [0.25, 0.3) is 0 Å². The molecule has 4 heteroatoms. The monoisotopic (exact) mass is 225 g/mol. The zero-order chi connectivity index (χ0) is 12.2. The molecule has 93 valence electrons. The molecule has 1 aliphatic carbocycles. The van der Waals surface area contributed by atoms with Crippen molar-refractivity contribution >= 4 is 5.96 Å². The number of guanidine groups is 1. The summed E-state index contributed by atoms with van der Waals surface area (Å²) in [6.45, 7) is 4.96. The minimum absolute atomic E-state index is 0.0670. The Bertz CT molecular complexity index is 233. The smallest absolute Gasteiger partial charge is 0.186 e. The molecule has 1 rings (SSSR count). The maximum atomic E-state index is 7.48. The molecule has 1 unspecified atom stereocenters. The van der Waals surface area contributed by atoms with E-state index < -0.39 is 0 Å². The molecular weight excluding hydrogens is 200 g/mol. The Morgan fingerprint density at radius 1 is 1.50 bits per heavy atom.